The number of aromatic nitrogens is 3. The highest BCUT2D eigenvalue weighted by Gasteiger charge is 2.15. The molecule has 3 aromatic heterocycles. The van der Waals surface area contributed by atoms with Gasteiger partial charge in [0.15, 0.2) is 0 Å². The Balaban J connectivity index is 1.45. The van der Waals surface area contributed by atoms with Gasteiger partial charge in [-0.15, -0.1) is 22.7 Å². The van der Waals surface area contributed by atoms with Crippen LogP contribution >= 0.6 is 34.3 Å². The fourth-order valence-electron chi connectivity index (χ4n) is 2.84. The van der Waals surface area contributed by atoms with Crippen molar-refractivity contribution in [2.24, 2.45) is 0 Å². The van der Waals surface area contributed by atoms with Gasteiger partial charge >= 0.3 is 0 Å². The molecule has 0 aliphatic rings. The molecule has 0 amide bonds. The van der Waals surface area contributed by atoms with E-state index in [1.165, 1.54) is 30.5 Å². The van der Waals surface area contributed by atoms with E-state index in [0.717, 1.165) is 32.0 Å². The molecule has 0 saturated heterocycles. The van der Waals surface area contributed by atoms with E-state index in [1.54, 1.807) is 34.8 Å². The Morgan fingerprint density at radius 1 is 1.07 bits per heavy atom. The Morgan fingerprint density at radius 2 is 1.83 bits per heavy atom. The van der Waals surface area contributed by atoms with Crippen molar-refractivity contribution in [1.29, 1.82) is 0 Å². The van der Waals surface area contributed by atoms with Crippen LogP contribution in [0.3, 0.4) is 0 Å². The van der Waals surface area contributed by atoms with Gasteiger partial charge in [0.1, 0.15) is 0 Å². The molecule has 4 aromatic rings. The molecule has 0 saturated carbocycles. The quantitative estimate of drug-likeness (QED) is 0.407. The molecule has 0 aliphatic heterocycles. The van der Waals surface area contributed by atoms with Gasteiger partial charge in [0.25, 0.3) is 10.0 Å². The van der Waals surface area contributed by atoms with Gasteiger partial charge < -0.3 is 0 Å². The summed E-state index contributed by atoms with van der Waals surface area (Å²) in [6.07, 6.45) is 2.08. The number of benzene rings is 1. The lowest BCUT2D eigenvalue weighted by atomic mass is 10.2. The second-order valence-electron chi connectivity index (χ2n) is 6.55. The summed E-state index contributed by atoms with van der Waals surface area (Å²) >= 11 is 9.03. The lowest BCUT2D eigenvalue weighted by Crippen LogP contribution is -2.13. The number of pyridine rings is 1. The number of sulfonamides is 1. The van der Waals surface area contributed by atoms with Crippen molar-refractivity contribution in [2.75, 3.05) is 4.72 Å². The maximum atomic E-state index is 12.5. The van der Waals surface area contributed by atoms with Crippen LogP contribution < -0.4 is 4.72 Å². The summed E-state index contributed by atoms with van der Waals surface area (Å²) in [4.78, 5) is 14.8. The fraction of sp³-hybridized carbons (Fsp3) is 0.150. The van der Waals surface area contributed by atoms with Crippen LogP contribution in [0.25, 0.3) is 10.6 Å². The molecule has 4 rings (SSSR count). The minimum atomic E-state index is -3.69. The fourth-order valence-corrected chi connectivity index (χ4v) is 5.76. The third kappa shape index (κ3) is 4.70. The van der Waals surface area contributed by atoms with E-state index in [9.17, 15) is 8.42 Å². The molecule has 0 spiro atoms. The Morgan fingerprint density at radius 3 is 2.47 bits per heavy atom. The molecule has 0 bridgehead atoms. The number of hydrogen-bond acceptors (Lipinski definition) is 7. The minimum Gasteiger partial charge on any atom is -0.278 e. The van der Waals surface area contributed by atoms with E-state index in [4.69, 9.17) is 16.6 Å². The number of halogens is 1. The van der Waals surface area contributed by atoms with Gasteiger partial charge in [-0.25, -0.2) is 18.4 Å². The SMILES string of the molecule is Cc1nc(C)c(-c2csc(Cc3ccc(NS(=O)(=O)c4ccc(Cl)cc4)cn3)n2)s1. The maximum absolute atomic E-state index is 12.5. The van der Waals surface area contributed by atoms with Crippen molar-refractivity contribution in [2.45, 2.75) is 25.2 Å². The van der Waals surface area contributed by atoms with Crippen LogP contribution in [0.15, 0.2) is 52.9 Å². The topological polar surface area (TPSA) is 84.8 Å². The molecule has 30 heavy (non-hydrogen) atoms. The summed E-state index contributed by atoms with van der Waals surface area (Å²) < 4.78 is 27.4. The van der Waals surface area contributed by atoms with Gasteiger partial charge in [-0.2, -0.15) is 0 Å². The number of anilines is 1. The Hall–Kier alpha value is -2.33. The molecule has 3 heterocycles. The van der Waals surface area contributed by atoms with Crippen molar-refractivity contribution < 1.29 is 8.42 Å². The summed E-state index contributed by atoms with van der Waals surface area (Å²) in [6.45, 7) is 3.98. The largest absolute Gasteiger partial charge is 0.278 e. The molecule has 1 N–H and O–H groups in total. The predicted molar refractivity (Wildman–Crippen MR) is 122 cm³/mol. The summed E-state index contributed by atoms with van der Waals surface area (Å²) in [5, 5.41) is 4.47. The smallest absolute Gasteiger partial charge is 0.261 e. The van der Waals surface area contributed by atoms with Crippen LogP contribution in [0.4, 0.5) is 5.69 Å². The number of thiazole rings is 2. The predicted octanol–water partition coefficient (Wildman–Crippen LogP) is 5.32. The van der Waals surface area contributed by atoms with E-state index in [0.29, 0.717) is 17.1 Å². The average Bonchev–Trinajstić information content (AvgIpc) is 3.29. The van der Waals surface area contributed by atoms with E-state index in [1.807, 2.05) is 19.2 Å². The highest BCUT2D eigenvalue weighted by atomic mass is 35.5. The Labute approximate surface area is 187 Å². The zero-order chi connectivity index (χ0) is 21.3. The Bertz CT molecular complexity index is 1280. The molecule has 1 aromatic carbocycles. The second-order valence-corrected chi connectivity index (χ2v) is 10.8. The zero-order valence-electron chi connectivity index (χ0n) is 16.1. The van der Waals surface area contributed by atoms with Crippen molar-refractivity contribution >= 4 is 50.0 Å². The average molecular weight is 477 g/mol. The lowest BCUT2D eigenvalue weighted by Gasteiger charge is -2.08. The Kier molecular flexibility index (Phi) is 5.88. The van der Waals surface area contributed by atoms with Crippen LogP contribution in [0, 0.1) is 13.8 Å². The standard InChI is InChI=1S/C20H17ClN4O2S3/c1-12-20(29-13(2)23-12)18-11-28-19(24-18)9-15-5-6-16(10-22-15)25-30(26,27)17-7-3-14(21)4-8-17/h3-8,10-11,25H,9H2,1-2H3. The molecule has 154 valence electrons. The molecule has 0 radical (unpaired) electrons. The third-order valence-corrected chi connectivity index (χ3v) is 7.81. The number of aryl methyl sites for hydroxylation is 2. The molecule has 0 fully saturated rings. The van der Waals surface area contributed by atoms with E-state index >= 15 is 0 Å². The van der Waals surface area contributed by atoms with Gasteiger partial charge in [-0.3, -0.25) is 9.71 Å². The zero-order valence-corrected chi connectivity index (χ0v) is 19.3. The highest BCUT2D eigenvalue weighted by Crippen LogP contribution is 2.31. The van der Waals surface area contributed by atoms with Crippen LogP contribution in [0.5, 0.6) is 0 Å². The first-order valence-corrected chi connectivity index (χ1v) is 12.5. The van der Waals surface area contributed by atoms with Gasteiger partial charge in [0.05, 0.1) is 43.1 Å². The van der Waals surface area contributed by atoms with Crippen LogP contribution in [0.2, 0.25) is 5.02 Å². The van der Waals surface area contributed by atoms with Crippen molar-refractivity contribution in [1.82, 2.24) is 15.0 Å². The number of hydrogen-bond donors (Lipinski definition) is 1. The summed E-state index contributed by atoms with van der Waals surface area (Å²) in [5.74, 6) is 0. The van der Waals surface area contributed by atoms with Crippen molar-refractivity contribution in [3.63, 3.8) is 0 Å². The molecule has 0 aliphatic carbocycles. The first-order valence-electron chi connectivity index (χ1n) is 8.92. The molecule has 10 heteroatoms. The molecule has 6 nitrogen and oxygen atoms in total. The summed E-state index contributed by atoms with van der Waals surface area (Å²) in [5.41, 5.74) is 3.13. The molecule has 0 unspecified atom stereocenters. The second kappa shape index (κ2) is 8.43. The van der Waals surface area contributed by atoms with E-state index in [-0.39, 0.29) is 4.90 Å². The maximum Gasteiger partial charge on any atom is 0.261 e. The van der Waals surface area contributed by atoms with Gasteiger partial charge in [0.2, 0.25) is 0 Å². The first-order chi connectivity index (χ1) is 14.3. The molecular formula is C20H17ClN4O2S3. The number of rotatable bonds is 6. The van der Waals surface area contributed by atoms with Crippen molar-refractivity contribution in [3.05, 3.63) is 74.4 Å². The normalized spacial score (nSPS) is 11.6. The highest BCUT2D eigenvalue weighted by molar-refractivity contribution is 7.92. The summed E-state index contributed by atoms with van der Waals surface area (Å²) in [7, 11) is -3.69. The lowest BCUT2D eigenvalue weighted by molar-refractivity contribution is 0.601. The monoisotopic (exact) mass is 476 g/mol. The van der Waals surface area contributed by atoms with Gasteiger partial charge in [-0.1, -0.05) is 11.6 Å². The van der Waals surface area contributed by atoms with Crippen LogP contribution in [0.1, 0.15) is 21.4 Å². The first kappa shape index (κ1) is 20.9. The third-order valence-electron chi connectivity index (χ3n) is 4.22. The molecular weight excluding hydrogens is 460 g/mol. The van der Waals surface area contributed by atoms with Gasteiger partial charge in [0, 0.05) is 22.5 Å². The van der Waals surface area contributed by atoms with Crippen LogP contribution in [-0.2, 0) is 16.4 Å². The number of nitrogens with one attached hydrogen (secondary N) is 1. The summed E-state index contributed by atoms with van der Waals surface area (Å²) in [6, 6.07) is 9.48. The van der Waals surface area contributed by atoms with Crippen molar-refractivity contribution in [3.8, 4) is 10.6 Å². The van der Waals surface area contributed by atoms with E-state index in [2.05, 4.69) is 14.7 Å². The van der Waals surface area contributed by atoms with E-state index < -0.39 is 10.0 Å². The molecule has 0 atom stereocenters. The van der Waals surface area contributed by atoms with Gasteiger partial charge in [-0.05, 0) is 50.2 Å². The van der Waals surface area contributed by atoms with Crippen LogP contribution in [-0.4, -0.2) is 23.4 Å². The minimum absolute atomic E-state index is 0.139. The number of nitrogens with zero attached hydrogens (tertiary/aromatic N) is 3.